The quantitative estimate of drug-likeness (QED) is 0.743. The topological polar surface area (TPSA) is 57.5 Å². The molecule has 2 aromatic rings. The summed E-state index contributed by atoms with van der Waals surface area (Å²) < 4.78 is 50.6. The van der Waals surface area contributed by atoms with Crippen LogP contribution in [0.15, 0.2) is 35.1 Å². The van der Waals surface area contributed by atoms with Crippen molar-refractivity contribution in [2.24, 2.45) is 0 Å². The van der Waals surface area contributed by atoms with Gasteiger partial charge in [-0.15, -0.1) is 0 Å². The Hall–Kier alpha value is -2.77. The Bertz CT molecular complexity index is 918. The normalized spacial score (nSPS) is 13.3. The Labute approximate surface area is 153 Å². The lowest BCUT2D eigenvalue weighted by atomic mass is 10.1. The summed E-state index contributed by atoms with van der Waals surface area (Å²) in [6.45, 7) is 2.18. The van der Waals surface area contributed by atoms with Gasteiger partial charge >= 0.3 is 12.1 Å². The van der Waals surface area contributed by atoms with Crippen LogP contribution in [-0.4, -0.2) is 17.1 Å². The Morgan fingerprint density at radius 3 is 2.74 bits per heavy atom. The number of carbonyl (C=O) groups is 1. The standard InChI is InChI=1S/C19H18F3NO4/c1-2-26-15-10-16(24)23-8-4-7-14(23)17(15)18(25)27-11-12-5-3-6-13(9-12)19(20,21)22/h3,5-6,9-10H,2,4,7-8,11H2,1H3. The van der Waals surface area contributed by atoms with Crippen LogP contribution in [0, 0.1) is 0 Å². The highest BCUT2D eigenvalue weighted by molar-refractivity contribution is 5.93. The van der Waals surface area contributed by atoms with Gasteiger partial charge in [-0.05, 0) is 37.5 Å². The lowest BCUT2D eigenvalue weighted by molar-refractivity contribution is -0.137. The first-order valence-electron chi connectivity index (χ1n) is 8.54. The van der Waals surface area contributed by atoms with E-state index in [0.29, 0.717) is 18.7 Å². The molecular weight excluding hydrogens is 363 g/mol. The lowest BCUT2D eigenvalue weighted by Gasteiger charge is -2.15. The van der Waals surface area contributed by atoms with E-state index in [0.717, 1.165) is 18.6 Å². The summed E-state index contributed by atoms with van der Waals surface area (Å²) in [6.07, 6.45) is -3.22. The van der Waals surface area contributed by atoms with E-state index in [4.69, 9.17) is 9.47 Å². The molecule has 1 aliphatic rings. The maximum atomic E-state index is 12.8. The molecule has 3 rings (SSSR count). The number of alkyl halides is 3. The van der Waals surface area contributed by atoms with Crippen molar-refractivity contribution in [1.29, 1.82) is 0 Å². The summed E-state index contributed by atoms with van der Waals surface area (Å²) in [5, 5.41) is 0. The van der Waals surface area contributed by atoms with Crippen LogP contribution in [0.5, 0.6) is 5.75 Å². The van der Waals surface area contributed by atoms with Gasteiger partial charge in [-0.1, -0.05) is 12.1 Å². The molecule has 5 nitrogen and oxygen atoms in total. The van der Waals surface area contributed by atoms with Gasteiger partial charge in [-0.3, -0.25) is 4.79 Å². The van der Waals surface area contributed by atoms with E-state index in [2.05, 4.69) is 0 Å². The van der Waals surface area contributed by atoms with Crippen LogP contribution in [0.25, 0.3) is 0 Å². The van der Waals surface area contributed by atoms with Gasteiger partial charge in [0, 0.05) is 18.3 Å². The van der Waals surface area contributed by atoms with Crippen molar-refractivity contribution in [1.82, 2.24) is 4.57 Å². The fourth-order valence-electron chi connectivity index (χ4n) is 3.13. The first-order chi connectivity index (χ1) is 12.8. The first kappa shape index (κ1) is 19.0. The van der Waals surface area contributed by atoms with Gasteiger partial charge in [-0.25, -0.2) is 4.79 Å². The summed E-state index contributed by atoms with van der Waals surface area (Å²) in [6, 6.07) is 5.86. The second-order valence-corrected chi connectivity index (χ2v) is 6.13. The molecule has 0 fully saturated rings. The van der Waals surface area contributed by atoms with Gasteiger partial charge < -0.3 is 14.0 Å². The van der Waals surface area contributed by atoms with E-state index in [1.807, 2.05) is 0 Å². The van der Waals surface area contributed by atoms with Crippen molar-refractivity contribution >= 4 is 5.97 Å². The number of hydrogen-bond acceptors (Lipinski definition) is 4. The number of pyridine rings is 1. The number of benzene rings is 1. The number of rotatable bonds is 5. The van der Waals surface area contributed by atoms with Crippen LogP contribution < -0.4 is 10.3 Å². The zero-order chi connectivity index (χ0) is 19.6. The summed E-state index contributed by atoms with van der Waals surface area (Å²) >= 11 is 0. The molecule has 0 N–H and O–H groups in total. The number of nitrogens with zero attached hydrogens (tertiary/aromatic N) is 1. The Balaban J connectivity index is 1.85. The fraction of sp³-hybridized carbons (Fsp3) is 0.368. The number of ether oxygens (including phenoxy) is 2. The molecule has 0 radical (unpaired) electrons. The predicted octanol–water partition coefficient (Wildman–Crippen LogP) is 3.57. The second kappa shape index (κ2) is 7.46. The zero-order valence-electron chi connectivity index (χ0n) is 14.6. The lowest BCUT2D eigenvalue weighted by Crippen LogP contribution is -2.23. The van der Waals surface area contributed by atoms with Crippen LogP contribution in [0.3, 0.4) is 0 Å². The number of esters is 1. The second-order valence-electron chi connectivity index (χ2n) is 6.13. The summed E-state index contributed by atoms with van der Waals surface area (Å²) in [4.78, 5) is 24.7. The molecule has 0 amide bonds. The molecule has 0 saturated heterocycles. The number of halogens is 3. The van der Waals surface area contributed by atoms with E-state index in [-0.39, 0.29) is 35.6 Å². The molecule has 0 unspecified atom stereocenters. The van der Waals surface area contributed by atoms with Gasteiger partial charge in [0.05, 0.1) is 12.2 Å². The van der Waals surface area contributed by atoms with Gasteiger partial charge in [0.2, 0.25) is 0 Å². The SMILES string of the molecule is CCOc1cc(=O)n2c(c1C(=O)OCc1cccc(C(F)(F)F)c1)CCC2. The number of aromatic nitrogens is 1. The molecule has 0 aliphatic carbocycles. The minimum Gasteiger partial charge on any atom is -0.493 e. The van der Waals surface area contributed by atoms with Crippen molar-refractivity contribution in [2.45, 2.75) is 39.1 Å². The van der Waals surface area contributed by atoms with Gasteiger partial charge in [0.15, 0.2) is 0 Å². The summed E-state index contributed by atoms with van der Waals surface area (Å²) in [5.41, 5.74) is -0.125. The number of hydrogen-bond donors (Lipinski definition) is 0. The van der Waals surface area contributed by atoms with Crippen LogP contribution in [-0.2, 0) is 30.5 Å². The van der Waals surface area contributed by atoms with Crippen molar-refractivity contribution in [3.8, 4) is 5.75 Å². The van der Waals surface area contributed by atoms with E-state index in [9.17, 15) is 22.8 Å². The van der Waals surface area contributed by atoms with Gasteiger partial charge in [-0.2, -0.15) is 13.2 Å². The molecule has 0 bridgehead atoms. The molecule has 0 saturated carbocycles. The maximum Gasteiger partial charge on any atom is 0.416 e. The third-order valence-electron chi connectivity index (χ3n) is 4.30. The molecule has 8 heteroatoms. The molecule has 1 aromatic carbocycles. The summed E-state index contributed by atoms with van der Waals surface area (Å²) in [5.74, 6) is -0.578. The molecule has 1 aliphatic heterocycles. The molecule has 0 spiro atoms. The highest BCUT2D eigenvalue weighted by atomic mass is 19.4. The predicted molar refractivity (Wildman–Crippen MR) is 90.8 cm³/mol. The highest BCUT2D eigenvalue weighted by Gasteiger charge is 2.31. The Morgan fingerprint density at radius 1 is 1.26 bits per heavy atom. The van der Waals surface area contributed by atoms with E-state index in [1.54, 1.807) is 6.92 Å². The van der Waals surface area contributed by atoms with Gasteiger partial charge in [0.25, 0.3) is 5.56 Å². The maximum absolute atomic E-state index is 12.8. The fourth-order valence-corrected chi connectivity index (χ4v) is 3.13. The monoisotopic (exact) mass is 381 g/mol. The smallest absolute Gasteiger partial charge is 0.416 e. The third kappa shape index (κ3) is 3.99. The van der Waals surface area contributed by atoms with E-state index in [1.165, 1.54) is 22.8 Å². The van der Waals surface area contributed by atoms with Crippen molar-refractivity contribution in [3.05, 3.63) is 63.1 Å². The van der Waals surface area contributed by atoms with Crippen molar-refractivity contribution in [3.63, 3.8) is 0 Å². The van der Waals surface area contributed by atoms with Crippen LogP contribution in [0.1, 0.15) is 40.5 Å². The average molecular weight is 381 g/mol. The minimum absolute atomic E-state index is 0.143. The molecule has 144 valence electrons. The average Bonchev–Trinajstić information content (AvgIpc) is 3.10. The van der Waals surface area contributed by atoms with Crippen LogP contribution in [0.4, 0.5) is 13.2 Å². The minimum atomic E-state index is -4.47. The first-order valence-corrected chi connectivity index (χ1v) is 8.54. The Morgan fingerprint density at radius 2 is 2.04 bits per heavy atom. The van der Waals surface area contributed by atoms with Gasteiger partial charge in [0.1, 0.15) is 17.9 Å². The number of carbonyl (C=O) groups excluding carboxylic acids is 1. The van der Waals surface area contributed by atoms with Crippen LogP contribution >= 0.6 is 0 Å². The number of fused-ring (bicyclic) bond motifs is 1. The van der Waals surface area contributed by atoms with Crippen LogP contribution in [0.2, 0.25) is 0 Å². The molecule has 2 heterocycles. The largest absolute Gasteiger partial charge is 0.493 e. The van der Waals surface area contributed by atoms with Crippen molar-refractivity contribution < 1.29 is 27.4 Å². The van der Waals surface area contributed by atoms with E-state index >= 15 is 0 Å². The molecule has 0 atom stereocenters. The third-order valence-corrected chi connectivity index (χ3v) is 4.30. The molecule has 1 aromatic heterocycles. The summed E-state index contributed by atoms with van der Waals surface area (Å²) in [7, 11) is 0. The Kier molecular flexibility index (Phi) is 5.25. The molecule has 27 heavy (non-hydrogen) atoms. The highest BCUT2D eigenvalue weighted by Crippen LogP contribution is 2.30. The molecular formula is C19H18F3NO4. The van der Waals surface area contributed by atoms with Crippen molar-refractivity contribution in [2.75, 3.05) is 6.61 Å². The zero-order valence-corrected chi connectivity index (χ0v) is 14.6. The van der Waals surface area contributed by atoms with E-state index < -0.39 is 17.7 Å².